The van der Waals surface area contributed by atoms with Gasteiger partial charge in [0.1, 0.15) is 0 Å². The molecule has 0 aromatic heterocycles. The molecule has 0 atom stereocenters. The first-order chi connectivity index (χ1) is 6.18. The molecule has 0 amide bonds. The highest BCUT2D eigenvalue weighted by Crippen LogP contribution is 2.02. The fourth-order valence-electron chi connectivity index (χ4n) is 1.10. The molecule has 1 nitrogen and oxygen atoms in total. The van der Waals surface area contributed by atoms with Crippen LogP contribution < -0.4 is 0 Å². The predicted molar refractivity (Wildman–Crippen MR) is 60.7 cm³/mol. The molecule has 0 N–H and O–H groups in total. The van der Waals surface area contributed by atoms with Crippen LogP contribution in [-0.4, -0.2) is 23.7 Å². The molecule has 0 radical (unpaired) electrons. The summed E-state index contributed by atoms with van der Waals surface area (Å²) in [5.74, 6) is 0.222. The summed E-state index contributed by atoms with van der Waals surface area (Å²) in [6.07, 6.45) is 4.62. The fraction of sp³-hybridized carbons (Fsp3) is 0.273. The van der Waals surface area contributed by atoms with E-state index in [1.165, 1.54) is 0 Å². The maximum absolute atomic E-state index is 11.4. The molecule has 1 aromatic carbocycles. The molecule has 2 heteroatoms. The summed E-state index contributed by atoms with van der Waals surface area (Å²) in [6, 6.07) is 9.84. The molecule has 0 saturated carbocycles. The van der Waals surface area contributed by atoms with E-state index in [0.717, 1.165) is 5.56 Å². The average molecular weight is 194 g/mol. The van der Waals surface area contributed by atoms with E-state index in [-0.39, 0.29) is 16.3 Å². The van der Waals surface area contributed by atoms with Gasteiger partial charge in [-0.1, -0.05) is 30.3 Å². The summed E-state index contributed by atoms with van der Waals surface area (Å²) in [4.78, 5) is 11.4. The van der Waals surface area contributed by atoms with Crippen molar-refractivity contribution in [3.05, 3.63) is 35.9 Å². The first-order valence-corrected chi connectivity index (χ1v) is 6.27. The van der Waals surface area contributed by atoms with Crippen LogP contribution >= 0.6 is 10.5 Å². The zero-order valence-electron chi connectivity index (χ0n) is 7.99. The van der Waals surface area contributed by atoms with Gasteiger partial charge >= 0.3 is 0 Å². The lowest BCUT2D eigenvalue weighted by atomic mass is 10.1. The third kappa shape index (κ3) is 4.04. The molecular weight excluding hydrogens is 180 g/mol. The smallest absolute Gasteiger partial charge is 0.165 e. The summed E-state index contributed by atoms with van der Waals surface area (Å²) in [6.45, 7) is 0. The molecule has 0 unspecified atom stereocenters. The molecule has 0 bridgehead atoms. The molecule has 0 saturated heterocycles. The molecule has 0 spiro atoms. The third-order valence-corrected chi connectivity index (χ3v) is 2.32. The lowest BCUT2D eigenvalue weighted by Crippen LogP contribution is -2.03. The lowest BCUT2D eigenvalue weighted by molar-refractivity contribution is -0.111. The van der Waals surface area contributed by atoms with Crippen molar-refractivity contribution < 1.29 is 4.79 Å². The minimum Gasteiger partial charge on any atom is -0.294 e. The van der Waals surface area contributed by atoms with Crippen molar-refractivity contribution in [1.82, 2.24) is 0 Å². The van der Waals surface area contributed by atoms with Crippen LogP contribution in [0.4, 0.5) is 0 Å². The average Bonchev–Trinajstić information content (AvgIpc) is 2.04. The van der Waals surface area contributed by atoms with Crippen molar-refractivity contribution in [2.45, 2.75) is 6.42 Å². The van der Waals surface area contributed by atoms with Gasteiger partial charge in [0.15, 0.2) is 5.78 Å². The van der Waals surface area contributed by atoms with Crippen molar-refractivity contribution in [3.63, 3.8) is 0 Å². The molecule has 0 aliphatic rings. The fourth-order valence-corrected chi connectivity index (χ4v) is 1.71. The van der Waals surface area contributed by atoms with Crippen molar-refractivity contribution in [2.75, 3.05) is 12.5 Å². The third-order valence-electron chi connectivity index (χ3n) is 1.59. The highest BCUT2D eigenvalue weighted by atomic mass is 32.2. The number of carbonyl (C=O) groups excluding carboxylic acids is 1. The molecule has 70 valence electrons. The normalized spacial score (nSPS) is 10.1. The van der Waals surface area contributed by atoms with Crippen LogP contribution in [0.3, 0.4) is 0 Å². The molecule has 0 aliphatic heterocycles. The predicted octanol–water partition coefficient (Wildman–Crippen LogP) is 2.13. The molecular formula is C11H14OS. The van der Waals surface area contributed by atoms with E-state index < -0.39 is 0 Å². The Hall–Kier alpha value is -0.890. The van der Waals surface area contributed by atoms with Gasteiger partial charge in [-0.05, 0) is 18.1 Å². The SMILES string of the molecule is CS(C)=CC(=O)Cc1ccccc1. The molecule has 1 rings (SSSR count). The van der Waals surface area contributed by atoms with Gasteiger partial charge in [-0.3, -0.25) is 4.79 Å². The number of carbonyl (C=O) groups is 1. The maximum atomic E-state index is 11.4. The van der Waals surface area contributed by atoms with Crippen LogP contribution in [0.1, 0.15) is 5.56 Å². The van der Waals surface area contributed by atoms with Crippen LogP contribution in [0.5, 0.6) is 0 Å². The van der Waals surface area contributed by atoms with E-state index >= 15 is 0 Å². The van der Waals surface area contributed by atoms with E-state index in [4.69, 9.17) is 0 Å². The Labute approximate surface area is 81.7 Å². The zero-order chi connectivity index (χ0) is 9.68. The lowest BCUT2D eigenvalue weighted by Gasteiger charge is -1.96. The second-order valence-corrected chi connectivity index (χ2v) is 5.12. The van der Waals surface area contributed by atoms with E-state index in [9.17, 15) is 4.79 Å². The van der Waals surface area contributed by atoms with Gasteiger partial charge in [0, 0.05) is 11.8 Å². The number of hydrogen-bond acceptors (Lipinski definition) is 1. The number of benzene rings is 1. The van der Waals surface area contributed by atoms with E-state index in [1.54, 1.807) is 5.37 Å². The first kappa shape index (κ1) is 10.2. The minimum atomic E-state index is 0.106. The Bertz CT molecular complexity index is 310. The summed E-state index contributed by atoms with van der Waals surface area (Å²) < 4.78 is 0. The maximum Gasteiger partial charge on any atom is 0.165 e. The summed E-state index contributed by atoms with van der Waals surface area (Å²) >= 11 is 0. The number of rotatable bonds is 3. The monoisotopic (exact) mass is 194 g/mol. The molecule has 0 fully saturated rings. The van der Waals surface area contributed by atoms with Crippen molar-refractivity contribution >= 4 is 21.6 Å². The number of ketones is 1. The number of Topliss-reactive ketones (excluding diaryl/α,β-unsaturated/α-hetero) is 1. The minimum absolute atomic E-state index is 0.106. The quantitative estimate of drug-likeness (QED) is 0.674. The van der Waals surface area contributed by atoms with E-state index in [0.29, 0.717) is 6.42 Å². The largest absolute Gasteiger partial charge is 0.294 e. The molecule has 13 heavy (non-hydrogen) atoms. The van der Waals surface area contributed by atoms with Gasteiger partial charge in [0.2, 0.25) is 0 Å². The Kier molecular flexibility index (Phi) is 3.90. The van der Waals surface area contributed by atoms with Crippen molar-refractivity contribution in [2.24, 2.45) is 0 Å². The summed E-state index contributed by atoms with van der Waals surface area (Å²) in [5.41, 5.74) is 1.09. The summed E-state index contributed by atoms with van der Waals surface area (Å²) in [7, 11) is 0.106. The Morgan fingerprint density at radius 2 is 1.92 bits per heavy atom. The van der Waals surface area contributed by atoms with Gasteiger partial charge in [0.05, 0.1) is 0 Å². The van der Waals surface area contributed by atoms with Gasteiger partial charge < -0.3 is 0 Å². The van der Waals surface area contributed by atoms with Crippen LogP contribution in [0.15, 0.2) is 30.3 Å². The van der Waals surface area contributed by atoms with Crippen LogP contribution in [-0.2, 0) is 11.2 Å². The first-order valence-electron chi connectivity index (χ1n) is 4.16. The highest BCUT2D eigenvalue weighted by molar-refractivity contribution is 8.14. The molecule has 0 aliphatic carbocycles. The Balaban J connectivity index is 2.61. The van der Waals surface area contributed by atoms with Gasteiger partial charge in [0.25, 0.3) is 0 Å². The van der Waals surface area contributed by atoms with E-state index in [2.05, 4.69) is 0 Å². The van der Waals surface area contributed by atoms with E-state index in [1.807, 2.05) is 42.8 Å². The Morgan fingerprint density at radius 3 is 2.46 bits per heavy atom. The van der Waals surface area contributed by atoms with Gasteiger partial charge in [-0.25, -0.2) is 0 Å². The van der Waals surface area contributed by atoms with Gasteiger partial charge in [-0.15, -0.1) is 0 Å². The standard InChI is InChI=1S/C11H14OS/c1-13(2)9-11(12)8-10-6-4-3-5-7-10/h3-7,9H,8H2,1-2H3. The number of hydrogen-bond donors (Lipinski definition) is 0. The molecule has 0 heterocycles. The topological polar surface area (TPSA) is 17.1 Å². The zero-order valence-corrected chi connectivity index (χ0v) is 8.80. The van der Waals surface area contributed by atoms with Crippen molar-refractivity contribution in [1.29, 1.82) is 0 Å². The van der Waals surface area contributed by atoms with Gasteiger partial charge in [-0.2, -0.15) is 10.5 Å². The van der Waals surface area contributed by atoms with Crippen molar-refractivity contribution in [3.8, 4) is 0 Å². The van der Waals surface area contributed by atoms with Crippen LogP contribution in [0, 0.1) is 0 Å². The molecule has 1 aromatic rings. The highest BCUT2D eigenvalue weighted by Gasteiger charge is 1.98. The van der Waals surface area contributed by atoms with Crippen LogP contribution in [0.2, 0.25) is 0 Å². The second kappa shape index (κ2) is 4.97. The second-order valence-electron chi connectivity index (χ2n) is 3.13. The van der Waals surface area contributed by atoms with Crippen LogP contribution in [0.25, 0.3) is 0 Å². The summed E-state index contributed by atoms with van der Waals surface area (Å²) in [5, 5.41) is 1.80. The Morgan fingerprint density at radius 1 is 1.31 bits per heavy atom.